The number of rotatable bonds is 3. The summed E-state index contributed by atoms with van der Waals surface area (Å²) in [6, 6.07) is 4.73. The molecule has 2 heterocycles. The number of alkyl halides is 2. The van der Waals surface area contributed by atoms with Gasteiger partial charge in [-0.2, -0.15) is 0 Å². The second-order valence-electron chi connectivity index (χ2n) is 9.58. The number of amides is 3. The molecule has 3 fully saturated rings. The predicted octanol–water partition coefficient (Wildman–Crippen LogP) is 4.14. The summed E-state index contributed by atoms with van der Waals surface area (Å²) in [6.07, 6.45) is 2.29. The fraction of sp³-hybridized carbons (Fsp3) is 0.565. The van der Waals surface area contributed by atoms with E-state index in [0.717, 1.165) is 0 Å². The molecular weight excluding hydrogens is 436 g/mol. The van der Waals surface area contributed by atoms with E-state index in [1.807, 2.05) is 0 Å². The van der Waals surface area contributed by atoms with Crippen molar-refractivity contribution in [1.29, 1.82) is 0 Å². The Morgan fingerprint density at radius 1 is 1.21 bits per heavy atom. The van der Waals surface area contributed by atoms with E-state index in [4.69, 9.17) is 9.15 Å². The van der Waals surface area contributed by atoms with Gasteiger partial charge in [0.2, 0.25) is 23.6 Å². The number of oxazole rings is 1. The SMILES string of the molecule is CN(C(=O)Oc1ccc2oc(C3CCC(=O)NC3=O)nc2c1)C1CC2(CCC(F)(F)CC2)C1. The van der Waals surface area contributed by atoms with Crippen molar-refractivity contribution < 1.29 is 32.3 Å². The van der Waals surface area contributed by atoms with Crippen molar-refractivity contribution in [3.8, 4) is 5.75 Å². The molecule has 1 unspecified atom stereocenters. The minimum absolute atomic E-state index is 0.0286. The molecule has 2 aromatic rings. The number of hydrogen-bond donors (Lipinski definition) is 1. The van der Waals surface area contributed by atoms with Crippen molar-refractivity contribution in [2.45, 2.75) is 69.2 Å². The van der Waals surface area contributed by atoms with E-state index in [0.29, 0.717) is 43.2 Å². The van der Waals surface area contributed by atoms with Gasteiger partial charge in [-0.05, 0) is 49.7 Å². The van der Waals surface area contributed by atoms with Crippen LogP contribution in [0.25, 0.3) is 11.1 Å². The monoisotopic (exact) mass is 461 g/mol. The molecule has 10 heteroatoms. The lowest BCUT2D eigenvalue weighted by molar-refractivity contribution is -0.134. The summed E-state index contributed by atoms with van der Waals surface area (Å²) in [6.45, 7) is 0. The highest BCUT2D eigenvalue weighted by atomic mass is 19.3. The summed E-state index contributed by atoms with van der Waals surface area (Å²) in [5, 5.41) is 2.28. The molecule has 2 aliphatic carbocycles. The minimum atomic E-state index is -2.56. The number of halogens is 2. The lowest BCUT2D eigenvalue weighted by Crippen LogP contribution is -2.54. The number of aromatic nitrogens is 1. The Kier molecular flexibility index (Phi) is 5.13. The zero-order valence-electron chi connectivity index (χ0n) is 18.2. The number of fused-ring (bicyclic) bond motifs is 1. The van der Waals surface area contributed by atoms with Crippen molar-refractivity contribution in [2.24, 2.45) is 5.41 Å². The Balaban J connectivity index is 1.21. The molecule has 33 heavy (non-hydrogen) atoms. The van der Waals surface area contributed by atoms with Crippen LogP contribution in [0.15, 0.2) is 22.6 Å². The maximum Gasteiger partial charge on any atom is 0.415 e. The van der Waals surface area contributed by atoms with E-state index < -0.39 is 23.8 Å². The molecule has 2 saturated carbocycles. The number of piperidine rings is 1. The summed E-state index contributed by atoms with van der Waals surface area (Å²) >= 11 is 0. The Morgan fingerprint density at radius 2 is 1.94 bits per heavy atom. The number of nitrogens with zero attached hydrogens (tertiary/aromatic N) is 2. The van der Waals surface area contributed by atoms with Gasteiger partial charge in [-0.25, -0.2) is 18.6 Å². The van der Waals surface area contributed by atoms with E-state index in [1.54, 1.807) is 25.2 Å². The maximum atomic E-state index is 13.5. The highest BCUT2D eigenvalue weighted by Crippen LogP contribution is 2.56. The molecule has 8 nitrogen and oxygen atoms in total. The molecule has 0 bridgehead atoms. The van der Waals surface area contributed by atoms with Crippen molar-refractivity contribution in [3.63, 3.8) is 0 Å². The Morgan fingerprint density at radius 3 is 2.64 bits per heavy atom. The second kappa shape index (κ2) is 7.78. The molecule has 1 N–H and O–H groups in total. The van der Waals surface area contributed by atoms with Crippen LogP contribution in [-0.4, -0.2) is 46.8 Å². The molecular formula is C23H25F2N3O5. The van der Waals surface area contributed by atoms with Crippen LogP contribution in [0.2, 0.25) is 0 Å². The van der Waals surface area contributed by atoms with Crippen molar-refractivity contribution in [2.75, 3.05) is 7.05 Å². The Hall–Kier alpha value is -3.04. The van der Waals surface area contributed by atoms with Crippen LogP contribution in [0, 0.1) is 5.41 Å². The molecule has 176 valence electrons. The zero-order valence-corrected chi connectivity index (χ0v) is 18.2. The molecule has 1 saturated heterocycles. The summed E-state index contributed by atoms with van der Waals surface area (Å²) in [5.74, 6) is -3.45. The zero-order chi connectivity index (χ0) is 23.4. The summed E-state index contributed by atoms with van der Waals surface area (Å²) < 4.78 is 38.1. The van der Waals surface area contributed by atoms with E-state index >= 15 is 0 Å². The van der Waals surface area contributed by atoms with Crippen LogP contribution in [0.4, 0.5) is 13.6 Å². The van der Waals surface area contributed by atoms with Gasteiger partial charge in [-0.3, -0.25) is 14.9 Å². The summed E-state index contributed by atoms with van der Waals surface area (Å²) in [5.41, 5.74) is 0.804. The largest absolute Gasteiger partial charge is 0.440 e. The molecule has 1 atom stereocenters. The highest BCUT2D eigenvalue weighted by Gasteiger charge is 2.52. The van der Waals surface area contributed by atoms with Crippen LogP contribution in [-0.2, 0) is 9.59 Å². The third-order valence-electron chi connectivity index (χ3n) is 7.33. The predicted molar refractivity (Wildman–Crippen MR) is 112 cm³/mol. The van der Waals surface area contributed by atoms with Gasteiger partial charge in [0.1, 0.15) is 17.2 Å². The van der Waals surface area contributed by atoms with Gasteiger partial charge in [0.05, 0.1) is 0 Å². The van der Waals surface area contributed by atoms with Crippen molar-refractivity contribution in [1.82, 2.24) is 15.2 Å². The van der Waals surface area contributed by atoms with Crippen molar-refractivity contribution >= 4 is 29.0 Å². The number of nitrogens with one attached hydrogen (secondary N) is 1. The molecule has 3 amide bonds. The molecule has 1 spiro atoms. The number of benzene rings is 1. The van der Waals surface area contributed by atoms with Crippen LogP contribution < -0.4 is 10.1 Å². The quantitative estimate of drug-likeness (QED) is 0.690. The molecule has 3 aliphatic rings. The molecule has 1 aromatic heterocycles. The summed E-state index contributed by atoms with van der Waals surface area (Å²) in [4.78, 5) is 41.9. The molecule has 1 aromatic carbocycles. The molecule has 1 aliphatic heterocycles. The third kappa shape index (κ3) is 4.18. The van der Waals surface area contributed by atoms with Gasteiger partial charge in [-0.15, -0.1) is 0 Å². The standard InChI is InChI=1S/C23H25F2N3O5/c1-28(13-11-22(12-13)6-8-23(24,25)9-7-22)21(31)32-14-2-4-17-16(10-14)26-20(33-17)15-3-5-18(29)27-19(15)30/h2,4,10,13,15H,3,5-9,11-12H2,1H3,(H,27,29,30). The number of carbonyl (C=O) groups excluding carboxylic acids is 3. The molecule has 5 rings (SSSR count). The van der Waals surface area contributed by atoms with Crippen LogP contribution in [0.1, 0.15) is 63.2 Å². The third-order valence-corrected chi connectivity index (χ3v) is 7.33. The van der Waals surface area contributed by atoms with Gasteiger partial charge < -0.3 is 14.1 Å². The fourth-order valence-electron chi connectivity index (χ4n) is 5.16. The Bertz CT molecular complexity index is 1110. The second-order valence-corrected chi connectivity index (χ2v) is 9.58. The average molecular weight is 461 g/mol. The fourth-order valence-corrected chi connectivity index (χ4v) is 5.16. The first-order chi connectivity index (χ1) is 15.6. The lowest BCUT2D eigenvalue weighted by atomic mass is 9.57. The Labute approximate surface area is 188 Å². The first-order valence-electron chi connectivity index (χ1n) is 11.2. The smallest absolute Gasteiger partial charge is 0.415 e. The van der Waals surface area contributed by atoms with Gasteiger partial charge in [-0.1, -0.05) is 0 Å². The molecule has 0 radical (unpaired) electrons. The first kappa shape index (κ1) is 21.8. The van der Waals surface area contributed by atoms with E-state index in [-0.39, 0.29) is 48.3 Å². The van der Waals surface area contributed by atoms with Crippen LogP contribution >= 0.6 is 0 Å². The van der Waals surface area contributed by atoms with Crippen LogP contribution in [0.5, 0.6) is 5.75 Å². The van der Waals surface area contributed by atoms with Crippen molar-refractivity contribution in [3.05, 3.63) is 24.1 Å². The van der Waals surface area contributed by atoms with Gasteiger partial charge in [0, 0.05) is 38.4 Å². The number of imide groups is 1. The van der Waals surface area contributed by atoms with Crippen LogP contribution in [0.3, 0.4) is 0 Å². The van der Waals surface area contributed by atoms with E-state index in [2.05, 4.69) is 10.3 Å². The van der Waals surface area contributed by atoms with E-state index in [9.17, 15) is 23.2 Å². The van der Waals surface area contributed by atoms with E-state index in [1.165, 1.54) is 4.90 Å². The van der Waals surface area contributed by atoms with Gasteiger partial charge >= 0.3 is 6.09 Å². The van der Waals surface area contributed by atoms with Gasteiger partial charge in [0.25, 0.3) is 0 Å². The normalized spacial score (nSPS) is 24.4. The maximum absolute atomic E-state index is 13.5. The minimum Gasteiger partial charge on any atom is -0.440 e. The lowest BCUT2D eigenvalue weighted by Gasteiger charge is -2.53. The first-order valence-corrected chi connectivity index (χ1v) is 11.2. The number of carbonyl (C=O) groups is 3. The highest BCUT2D eigenvalue weighted by molar-refractivity contribution is 6.00. The summed E-state index contributed by atoms with van der Waals surface area (Å²) in [7, 11) is 1.66. The number of ether oxygens (including phenoxy) is 1. The number of hydrogen-bond acceptors (Lipinski definition) is 6. The van der Waals surface area contributed by atoms with Gasteiger partial charge in [0.15, 0.2) is 5.58 Å². The topological polar surface area (TPSA) is 102 Å². The average Bonchev–Trinajstić information content (AvgIpc) is 3.15.